The minimum absolute atomic E-state index is 0.214. The Kier molecular flexibility index (Phi) is 4.90. The molecule has 1 saturated heterocycles. The van der Waals surface area contributed by atoms with Crippen LogP contribution in [0.25, 0.3) is 27.1 Å². The lowest BCUT2D eigenvalue weighted by Gasteiger charge is -2.30. The molecule has 3 N–H and O–H groups in total. The topological polar surface area (TPSA) is 92.3 Å². The molecule has 6 rings (SSSR count). The van der Waals surface area contributed by atoms with Gasteiger partial charge in [-0.05, 0) is 73.6 Å². The number of primary amides is 1. The molecule has 1 aliphatic heterocycles. The van der Waals surface area contributed by atoms with Crippen LogP contribution in [-0.4, -0.2) is 49.5 Å². The molecule has 1 amide bonds. The number of aromatic nitrogens is 4. The smallest absolute Gasteiger partial charge is 0.231 e. The first kappa shape index (κ1) is 21.8. The van der Waals surface area contributed by atoms with Gasteiger partial charge in [0.2, 0.25) is 5.91 Å². The number of fused-ring (bicyclic) bond motifs is 4. The van der Waals surface area contributed by atoms with E-state index in [1.165, 1.54) is 55.0 Å². The number of hydrogen-bond donors (Lipinski definition) is 2. The molecule has 0 unspecified atom stereocenters. The fourth-order valence-corrected chi connectivity index (χ4v) is 8.04. The minimum Gasteiger partial charge on any atom is -0.369 e. The molecule has 1 aliphatic carbocycles. The Balaban J connectivity index is 1.43. The van der Waals surface area contributed by atoms with Gasteiger partial charge >= 0.3 is 0 Å². The van der Waals surface area contributed by atoms with Gasteiger partial charge in [-0.3, -0.25) is 9.69 Å². The van der Waals surface area contributed by atoms with Crippen LogP contribution in [0.2, 0.25) is 0 Å². The van der Waals surface area contributed by atoms with Gasteiger partial charge in [0.25, 0.3) is 0 Å². The van der Waals surface area contributed by atoms with Crippen molar-refractivity contribution in [1.29, 1.82) is 0 Å². The van der Waals surface area contributed by atoms with Crippen molar-refractivity contribution in [2.75, 3.05) is 13.1 Å². The number of nitrogens with one attached hydrogen (secondary N) is 1. The number of nitrogens with zero attached hydrogens (tertiary/aromatic N) is 4. The molecule has 0 spiro atoms. The van der Waals surface area contributed by atoms with Crippen LogP contribution in [0, 0.1) is 26.7 Å². The Hall–Kier alpha value is -2.71. The van der Waals surface area contributed by atoms with E-state index in [0.717, 1.165) is 18.6 Å². The minimum atomic E-state index is -0.214. The predicted octanol–water partition coefficient (Wildman–Crippen LogP) is 4.65. The highest BCUT2D eigenvalue weighted by atomic mass is 32.1. The third-order valence-electron chi connectivity index (χ3n) is 8.28. The normalized spacial score (nSPS) is 22.7. The number of H-pyrrole nitrogens is 1. The third kappa shape index (κ3) is 3.08. The van der Waals surface area contributed by atoms with Crippen LogP contribution in [0.4, 0.5) is 0 Å². The van der Waals surface area contributed by atoms with E-state index in [4.69, 9.17) is 5.73 Å². The quantitative estimate of drug-likeness (QED) is 0.438. The molecule has 0 aromatic carbocycles. The van der Waals surface area contributed by atoms with Crippen LogP contribution in [0.3, 0.4) is 0 Å². The zero-order valence-electron chi connectivity index (χ0n) is 20.5. The van der Waals surface area contributed by atoms with Gasteiger partial charge in [0.15, 0.2) is 5.65 Å². The highest BCUT2D eigenvalue weighted by Gasteiger charge is 2.46. The average Bonchev–Trinajstić information content (AvgIpc) is 3.57. The van der Waals surface area contributed by atoms with Crippen molar-refractivity contribution in [3.05, 3.63) is 39.7 Å². The number of thiophene rings is 1. The zero-order chi connectivity index (χ0) is 23.9. The highest BCUT2D eigenvalue weighted by Crippen LogP contribution is 2.53. The van der Waals surface area contributed by atoms with E-state index in [9.17, 15) is 4.79 Å². The number of carbonyl (C=O) groups is 1. The lowest BCUT2D eigenvalue weighted by atomic mass is 9.88. The van der Waals surface area contributed by atoms with Gasteiger partial charge in [-0.2, -0.15) is 5.10 Å². The molecular weight excluding hydrogens is 444 g/mol. The summed E-state index contributed by atoms with van der Waals surface area (Å²) in [6.07, 6.45) is 6.05. The molecule has 178 valence electrons. The first-order chi connectivity index (χ1) is 16.2. The van der Waals surface area contributed by atoms with E-state index in [1.54, 1.807) is 6.33 Å². The molecule has 2 aliphatic rings. The van der Waals surface area contributed by atoms with Gasteiger partial charge in [0.05, 0.1) is 12.2 Å². The Morgan fingerprint density at radius 2 is 2.03 bits per heavy atom. The van der Waals surface area contributed by atoms with E-state index < -0.39 is 0 Å². The average molecular weight is 477 g/mol. The number of hydrogen-bond acceptors (Lipinski definition) is 5. The van der Waals surface area contributed by atoms with Gasteiger partial charge in [0, 0.05) is 34.6 Å². The molecule has 1 saturated carbocycles. The van der Waals surface area contributed by atoms with Crippen molar-refractivity contribution in [3.63, 3.8) is 0 Å². The Morgan fingerprint density at radius 1 is 1.24 bits per heavy atom. The van der Waals surface area contributed by atoms with Gasteiger partial charge in [-0.1, -0.05) is 13.8 Å². The standard InChI is InChI=1S/C26H32N6OS/c1-12(2)21-22-15(5)24(18-7-17-6-16(18)8-31(17)10-20(27)33)34-26(22)30-23(21)19-9-32-25(28-11-29-32)14(4)13(19)3/h9,11-12,16-18,30H,6-8,10H2,1-5H3,(H2,27,33)/t16-,17-,18+/m1/s1. The largest absolute Gasteiger partial charge is 0.369 e. The molecule has 4 aromatic rings. The summed E-state index contributed by atoms with van der Waals surface area (Å²) in [7, 11) is 0. The zero-order valence-corrected chi connectivity index (χ0v) is 21.3. The fourth-order valence-electron chi connectivity index (χ4n) is 6.61. The number of nitrogens with two attached hydrogens (primary N) is 1. The molecule has 4 aromatic heterocycles. The van der Waals surface area contributed by atoms with E-state index in [0.29, 0.717) is 30.3 Å². The summed E-state index contributed by atoms with van der Waals surface area (Å²) in [5.41, 5.74) is 14.0. The predicted molar refractivity (Wildman–Crippen MR) is 136 cm³/mol. The summed E-state index contributed by atoms with van der Waals surface area (Å²) in [5, 5.41) is 5.81. The number of aromatic amines is 1. The van der Waals surface area contributed by atoms with Crippen LogP contribution in [0.1, 0.15) is 65.7 Å². The number of rotatable bonds is 5. The molecule has 34 heavy (non-hydrogen) atoms. The van der Waals surface area contributed by atoms with Crippen LogP contribution < -0.4 is 5.73 Å². The molecule has 8 heteroatoms. The van der Waals surface area contributed by atoms with Gasteiger partial charge in [-0.15, -0.1) is 11.3 Å². The fraction of sp³-hybridized carbons (Fsp3) is 0.500. The molecule has 3 atom stereocenters. The van der Waals surface area contributed by atoms with Crippen molar-refractivity contribution >= 4 is 33.1 Å². The summed E-state index contributed by atoms with van der Waals surface area (Å²) >= 11 is 1.94. The maximum Gasteiger partial charge on any atom is 0.231 e. The number of aryl methyl sites for hydroxylation is 2. The van der Waals surface area contributed by atoms with Gasteiger partial charge < -0.3 is 10.7 Å². The number of carbonyl (C=O) groups excluding carboxylic acids is 1. The van der Waals surface area contributed by atoms with E-state index in [2.05, 4.69) is 60.8 Å². The second-order valence-electron chi connectivity index (χ2n) is 10.6. The van der Waals surface area contributed by atoms with Crippen LogP contribution in [0.15, 0.2) is 12.5 Å². The Labute approximate surface area is 203 Å². The van der Waals surface area contributed by atoms with Crippen molar-refractivity contribution in [1.82, 2.24) is 24.5 Å². The molecule has 7 nitrogen and oxygen atoms in total. The number of pyridine rings is 1. The molecular formula is C26H32N6OS. The van der Waals surface area contributed by atoms with Gasteiger partial charge in [-0.25, -0.2) is 9.50 Å². The molecule has 0 radical (unpaired) electrons. The van der Waals surface area contributed by atoms with Crippen molar-refractivity contribution in [2.24, 2.45) is 11.7 Å². The monoisotopic (exact) mass is 476 g/mol. The maximum atomic E-state index is 11.4. The second kappa shape index (κ2) is 7.65. The summed E-state index contributed by atoms with van der Waals surface area (Å²) in [5.74, 6) is 1.38. The number of piperidine rings is 1. The van der Waals surface area contributed by atoms with E-state index in [-0.39, 0.29) is 5.91 Å². The van der Waals surface area contributed by atoms with Crippen LogP contribution in [-0.2, 0) is 4.79 Å². The second-order valence-corrected chi connectivity index (χ2v) is 11.6. The van der Waals surface area contributed by atoms with Crippen LogP contribution in [0.5, 0.6) is 0 Å². The first-order valence-corrected chi connectivity index (χ1v) is 13.0. The number of likely N-dealkylation sites (tertiary alicyclic amines) is 1. The molecule has 5 heterocycles. The third-order valence-corrected chi connectivity index (χ3v) is 9.62. The van der Waals surface area contributed by atoms with Crippen molar-refractivity contribution in [3.8, 4) is 11.3 Å². The van der Waals surface area contributed by atoms with E-state index in [1.807, 2.05) is 15.9 Å². The Morgan fingerprint density at radius 3 is 2.71 bits per heavy atom. The first-order valence-electron chi connectivity index (χ1n) is 12.2. The summed E-state index contributed by atoms with van der Waals surface area (Å²) in [6.45, 7) is 12.6. The molecule has 2 bridgehead atoms. The van der Waals surface area contributed by atoms with Crippen molar-refractivity contribution in [2.45, 2.75) is 65.3 Å². The van der Waals surface area contributed by atoms with E-state index >= 15 is 0 Å². The number of amides is 1. The maximum absolute atomic E-state index is 11.4. The van der Waals surface area contributed by atoms with Crippen molar-refractivity contribution < 1.29 is 4.79 Å². The Bertz CT molecular complexity index is 1440. The molecule has 2 fully saturated rings. The van der Waals surface area contributed by atoms with Crippen LogP contribution >= 0.6 is 11.3 Å². The summed E-state index contributed by atoms with van der Waals surface area (Å²) in [4.78, 5) is 24.8. The SMILES string of the molecule is Cc1c(-c2[nH]c3sc([C@H]4C[C@H]5C[C@@H]4CN5CC(N)=O)c(C)c3c2C(C)C)cn2ncnc2c1C. The lowest BCUT2D eigenvalue weighted by molar-refractivity contribution is -0.119. The highest BCUT2D eigenvalue weighted by molar-refractivity contribution is 7.19. The summed E-state index contributed by atoms with van der Waals surface area (Å²) < 4.78 is 1.89. The summed E-state index contributed by atoms with van der Waals surface area (Å²) in [6, 6.07) is 0.488. The van der Waals surface area contributed by atoms with Gasteiger partial charge in [0.1, 0.15) is 11.2 Å². The lowest BCUT2D eigenvalue weighted by Crippen LogP contribution is -2.40.